The molecule has 2 rings (SSSR count). The average Bonchev–Trinajstić information content (AvgIpc) is 2.40. The van der Waals surface area contributed by atoms with Gasteiger partial charge in [-0.3, -0.25) is 14.9 Å². The topological polar surface area (TPSA) is 72.7 Å². The Morgan fingerprint density at radius 3 is 2.70 bits per heavy atom. The third-order valence-electron chi connectivity index (χ3n) is 2.99. The molecule has 0 saturated carbocycles. The van der Waals surface area contributed by atoms with Crippen LogP contribution in [0.25, 0.3) is 0 Å². The highest BCUT2D eigenvalue weighted by atomic mass is 19.2. The van der Waals surface area contributed by atoms with Crippen molar-refractivity contribution in [3.05, 3.63) is 39.4 Å². The van der Waals surface area contributed by atoms with Crippen LogP contribution in [-0.4, -0.2) is 41.5 Å². The van der Waals surface area contributed by atoms with E-state index in [0.717, 1.165) is 0 Å². The van der Waals surface area contributed by atoms with E-state index in [4.69, 9.17) is 4.74 Å². The molecule has 108 valence electrons. The van der Waals surface area contributed by atoms with Crippen LogP contribution in [0.1, 0.15) is 17.3 Å². The van der Waals surface area contributed by atoms with Crippen LogP contribution in [0.2, 0.25) is 0 Å². The van der Waals surface area contributed by atoms with Gasteiger partial charge in [-0.15, -0.1) is 0 Å². The molecule has 1 aromatic carbocycles. The van der Waals surface area contributed by atoms with Crippen molar-refractivity contribution >= 4 is 11.6 Å². The van der Waals surface area contributed by atoms with E-state index >= 15 is 0 Å². The normalized spacial score (nSPS) is 18.9. The monoisotopic (exact) mass is 286 g/mol. The standard InChI is InChI=1S/C12H12F2N2O4/c1-7-6-15(2-3-20-7)12(17)8-4-9(13)10(14)5-11(8)16(18)19/h4-5,7H,2-3,6H2,1H3. The Morgan fingerprint density at radius 2 is 2.10 bits per heavy atom. The highest BCUT2D eigenvalue weighted by Gasteiger charge is 2.29. The second-order valence-electron chi connectivity index (χ2n) is 4.47. The quantitative estimate of drug-likeness (QED) is 0.613. The molecule has 0 N–H and O–H groups in total. The predicted molar refractivity (Wildman–Crippen MR) is 64.3 cm³/mol. The number of hydrogen-bond donors (Lipinski definition) is 0. The maximum Gasteiger partial charge on any atom is 0.285 e. The summed E-state index contributed by atoms with van der Waals surface area (Å²) in [4.78, 5) is 23.5. The molecule has 0 radical (unpaired) electrons. The minimum absolute atomic E-state index is 0.211. The summed E-state index contributed by atoms with van der Waals surface area (Å²) in [5, 5.41) is 10.9. The summed E-state index contributed by atoms with van der Waals surface area (Å²) in [7, 11) is 0. The Balaban J connectivity index is 2.38. The molecule has 1 heterocycles. The van der Waals surface area contributed by atoms with Gasteiger partial charge in [0.1, 0.15) is 5.56 Å². The molecule has 1 fully saturated rings. The molecule has 1 aliphatic heterocycles. The van der Waals surface area contributed by atoms with Gasteiger partial charge in [0.25, 0.3) is 11.6 Å². The van der Waals surface area contributed by atoms with Gasteiger partial charge >= 0.3 is 0 Å². The summed E-state index contributed by atoms with van der Waals surface area (Å²) in [6, 6.07) is 0.988. The molecule has 1 unspecified atom stereocenters. The van der Waals surface area contributed by atoms with Gasteiger partial charge in [0.2, 0.25) is 0 Å². The second kappa shape index (κ2) is 5.49. The first-order chi connectivity index (χ1) is 9.40. The van der Waals surface area contributed by atoms with Gasteiger partial charge in [-0.25, -0.2) is 8.78 Å². The minimum Gasteiger partial charge on any atom is -0.375 e. The number of amides is 1. The Bertz CT molecular complexity index is 565. The van der Waals surface area contributed by atoms with Crippen LogP contribution in [0.5, 0.6) is 0 Å². The van der Waals surface area contributed by atoms with Gasteiger partial charge in [-0.2, -0.15) is 0 Å². The molecular formula is C12H12F2N2O4. The van der Waals surface area contributed by atoms with E-state index in [9.17, 15) is 23.7 Å². The maximum atomic E-state index is 13.2. The minimum atomic E-state index is -1.36. The molecule has 8 heteroatoms. The van der Waals surface area contributed by atoms with Gasteiger partial charge in [0.15, 0.2) is 11.6 Å². The molecule has 1 aliphatic rings. The van der Waals surface area contributed by atoms with Gasteiger partial charge in [-0.1, -0.05) is 0 Å². The molecule has 1 amide bonds. The molecule has 0 spiro atoms. The first-order valence-corrected chi connectivity index (χ1v) is 5.94. The van der Waals surface area contributed by atoms with E-state index in [2.05, 4.69) is 0 Å². The van der Waals surface area contributed by atoms with Crippen molar-refractivity contribution in [2.45, 2.75) is 13.0 Å². The first-order valence-electron chi connectivity index (χ1n) is 5.94. The largest absolute Gasteiger partial charge is 0.375 e. The molecule has 1 atom stereocenters. The molecule has 1 aromatic rings. The number of morpholine rings is 1. The van der Waals surface area contributed by atoms with Gasteiger partial charge in [0.05, 0.1) is 23.7 Å². The maximum absolute atomic E-state index is 13.2. The number of benzene rings is 1. The molecule has 6 nitrogen and oxygen atoms in total. The number of rotatable bonds is 2. The lowest BCUT2D eigenvalue weighted by Crippen LogP contribution is -2.44. The van der Waals surface area contributed by atoms with E-state index in [1.165, 1.54) is 4.90 Å². The van der Waals surface area contributed by atoms with Crippen LogP contribution >= 0.6 is 0 Å². The summed E-state index contributed by atoms with van der Waals surface area (Å²) in [5.41, 5.74) is -1.20. The van der Waals surface area contributed by atoms with Gasteiger partial charge in [-0.05, 0) is 13.0 Å². The fourth-order valence-electron chi connectivity index (χ4n) is 2.03. The Hall–Kier alpha value is -2.09. The van der Waals surface area contributed by atoms with Crippen molar-refractivity contribution in [1.82, 2.24) is 4.90 Å². The van der Waals surface area contributed by atoms with Crippen molar-refractivity contribution in [1.29, 1.82) is 0 Å². The lowest BCUT2D eigenvalue weighted by molar-refractivity contribution is -0.385. The van der Waals surface area contributed by atoms with Gasteiger partial charge in [0, 0.05) is 13.1 Å². The van der Waals surface area contributed by atoms with E-state index in [-0.39, 0.29) is 19.2 Å². The fourth-order valence-corrected chi connectivity index (χ4v) is 2.03. The smallest absolute Gasteiger partial charge is 0.285 e. The third kappa shape index (κ3) is 2.74. The summed E-state index contributed by atoms with van der Waals surface area (Å²) in [5.74, 6) is -3.35. The molecule has 0 aromatic heterocycles. The molecule has 0 bridgehead atoms. The number of hydrogen-bond acceptors (Lipinski definition) is 4. The second-order valence-corrected chi connectivity index (χ2v) is 4.47. The number of nitro groups is 1. The van der Waals surface area contributed by atoms with E-state index in [1.807, 2.05) is 0 Å². The summed E-state index contributed by atoms with van der Waals surface area (Å²) in [6.07, 6.45) is -0.211. The summed E-state index contributed by atoms with van der Waals surface area (Å²) < 4.78 is 31.5. The van der Waals surface area contributed by atoms with Crippen LogP contribution in [0.4, 0.5) is 14.5 Å². The molecule has 0 aliphatic carbocycles. The highest BCUT2D eigenvalue weighted by Crippen LogP contribution is 2.24. The summed E-state index contributed by atoms with van der Waals surface area (Å²) >= 11 is 0. The molecule has 20 heavy (non-hydrogen) atoms. The van der Waals surface area contributed by atoms with Crippen LogP contribution in [0, 0.1) is 21.7 Å². The Kier molecular flexibility index (Phi) is 3.93. The zero-order valence-corrected chi connectivity index (χ0v) is 10.6. The van der Waals surface area contributed by atoms with Crippen molar-refractivity contribution in [3.8, 4) is 0 Å². The average molecular weight is 286 g/mol. The zero-order valence-electron chi connectivity index (χ0n) is 10.6. The van der Waals surface area contributed by atoms with E-state index in [0.29, 0.717) is 18.7 Å². The zero-order chi connectivity index (χ0) is 14.9. The number of carbonyl (C=O) groups excluding carboxylic acids is 1. The Labute approximate surface area is 113 Å². The van der Waals surface area contributed by atoms with Crippen LogP contribution in [-0.2, 0) is 4.74 Å². The van der Waals surface area contributed by atoms with Crippen molar-refractivity contribution in [3.63, 3.8) is 0 Å². The van der Waals surface area contributed by atoms with Gasteiger partial charge < -0.3 is 9.64 Å². The highest BCUT2D eigenvalue weighted by molar-refractivity contribution is 5.98. The number of carbonyl (C=O) groups is 1. The lowest BCUT2D eigenvalue weighted by Gasteiger charge is -2.31. The fraction of sp³-hybridized carbons (Fsp3) is 0.417. The molecular weight excluding hydrogens is 274 g/mol. The predicted octanol–water partition coefficient (Wildman–Crippen LogP) is 1.73. The van der Waals surface area contributed by atoms with Crippen molar-refractivity contribution in [2.75, 3.05) is 19.7 Å². The van der Waals surface area contributed by atoms with Crippen LogP contribution < -0.4 is 0 Å². The third-order valence-corrected chi connectivity index (χ3v) is 2.99. The van der Waals surface area contributed by atoms with E-state index in [1.54, 1.807) is 6.92 Å². The number of nitrogens with zero attached hydrogens (tertiary/aromatic N) is 2. The van der Waals surface area contributed by atoms with Crippen molar-refractivity contribution < 1.29 is 23.2 Å². The Morgan fingerprint density at radius 1 is 1.45 bits per heavy atom. The van der Waals surface area contributed by atoms with Crippen LogP contribution in [0.3, 0.4) is 0 Å². The number of nitro benzene ring substituents is 1. The first kappa shape index (κ1) is 14.3. The van der Waals surface area contributed by atoms with Crippen molar-refractivity contribution in [2.24, 2.45) is 0 Å². The number of ether oxygens (including phenoxy) is 1. The van der Waals surface area contributed by atoms with E-state index < -0.39 is 33.7 Å². The SMILES string of the molecule is CC1CN(C(=O)c2cc(F)c(F)cc2[N+](=O)[O-])CCO1. The van der Waals surface area contributed by atoms with Crippen LogP contribution in [0.15, 0.2) is 12.1 Å². The number of halogens is 2. The molecule has 1 saturated heterocycles. The lowest BCUT2D eigenvalue weighted by atomic mass is 10.1. The summed E-state index contributed by atoms with van der Waals surface area (Å²) in [6.45, 7) is 2.54.